The molecule has 2 aliphatic heterocycles. The molecule has 3 heterocycles. The summed E-state index contributed by atoms with van der Waals surface area (Å²) in [6.45, 7) is 8.89. The molecule has 2 amide bonds. The van der Waals surface area contributed by atoms with Crippen molar-refractivity contribution in [3.8, 4) is 0 Å². The number of aryl methyl sites for hydroxylation is 1. The van der Waals surface area contributed by atoms with Crippen LogP contribution in [0.2, 0.25) is 0 Å². The molecule has 1 aromatic carbocycles. The van der Waals surface area contributed by atoms with Gasteiger partial charge in [-0.15, -0.1) is 10.2 Å². The van der Waals surface area contributed by atoms with E-state index in [-0.39, 0.29) is 18.5 Å². The minimum Gasteiger partial charge on any atom is -0.444 e. The molecule has 0 saturated carbocycles. The fourth-order valence-electron chi connectivity index (χ4n) is 4.27. The lowest BCUT2D eigenvalue weighted by Crippen LogP contribution is -2.57. The van der Waals surface area contributed by atoms with Crippen molar-refractivity contribution in [3.63, 3.8) is 0 Å². The number of hydrogen-bond donors (Lipinski definition) is 0. The average Bonchev–Trinajstić information content (AvgIpc) is 3.24. The third-order valence-corrected chi connectivity index (χ3v) is 5.72. The topological polar surface area (TPSA) is 92.0 Å². The molecule has 0 bridgehead atoms. The Balaban J connectivity index is 1.56. The van der Waals surface area contributed by atoms with Gasteiger partial charge in [0.25, 0.3) is 5.91 Å². The molecule has 4 rings (SSSR count). The third-order valence-electron chi connectivity index (χ3n) is 5.72. The first-order valence-corrected chi connectivity index (χ1v) is 10.6. The summed E-state index contributed by atoms with van der Waals surface area (Å²) < 4.78 is 11.0. The molecule has 0 aliphatic carbocycles. The SMILES string of the molecule is Cc1nnc(CN2CN(c3ccccc3)C3(CCN(C(=O)OC(C)(C)C)CC3)C2=O)o1. The van der Waals surface area contributed by atoms with Gasteiger partial charge in [-0.1, -0.05) is 18.2 Å². The van der Waals surface area contributed by atoms with Gasteiger partial charge < -0.3 is 23.9 Å². The molecule has 9 heteroatoms. The van der Waals surface area contributed by atoms with Crippen LogP contribution in [0.3, 0.4) is 0 Å². The summed E-state index contributed by atoms with van der Waals surface area (Å²) in [7, 11) is 0. The number of likely N-dealkylation sites (tertiary alicyclic amines) is 1. The molecular formula is C22H29N5O4. The summed E-state index contributed by atoms with van der Waals surface area (Å²) in [4.78, 5) is 31.8. The zero-order chi connectivity index (χ0) is 22.2. The van der Waals surface area contributed by atoms with Gasteiger partial charge in [-0.25, -0.2) is 4.79 Å². The van der Waals surface area contributed by atoms with Gasteiger partial charge in [0, 0.05) is 25.7 Å². The van der Waals surface area contributed by atoms with Crippen LogP contribution < -0.4 is 4.90 Å². The summed E-state index contributed by atoms with van der Waals surface area (Å²) in [5, 5.41) is 7.91. The molecule has 1 spiro atoms. The van der Waals surface area contributed by atoms with Crippen molar-refractivity contribution in [1.82, 2.24) is 20.0 Å². The van der Waals surface area contributed by atoms with E-state index in [4.69, 9.17) is 9.15 Å². The standard InChI is InChI=1S/C22H29N5O4/c1-16-23-24-18(30-16)14-26-15-27(17-8-6-5-7-9-17)22(19(26)28)10-12-25(13-11-22)20(29)31-21(2,3)4/h5-9H,10-15H2,1-4H3. The largest absolute Gasteiger partial charge is 0.444 e. The molecule has 2 saturated heterocycles. The number of nitrogens with zero attached hydrogens (tertiary/aromatic N) is 5. The van der Waals surface area contributed by atoms with E-state index in [1.807, 2.05) is 51.1 Å². The number of benzene rings is 1. The monoisotopic (exact) mass is 427 g/mol. The second-order valence-corrected chi connectivity index (χ2v) is 9.12. The maximum Gasteiger partial charge on any atom is 0.410 e. The molecular weight excluding hydrogens is 398 g/mol. The molecule has 2 aromatic rings. The molecule has 2 aliphatic rings. The molecule has 31 heavy (non-hydrogen) atoms. The van der Waals surface area contributed by atoms with Gasteiger partial charge in [-0.05, 0) is 45.7 Å². The second-order valence-electron chi connectivity index (χ2n) is 9.12. The van der Waals surface area contributed by atoms with Crippen LogP contribution in [0.4, 0.5) is 10.5 Å². The van der Waals surface area contributed by atoms with Gasteiger partial charge in [-0.3, -0.25) is 4.79 Å². The normalized spacial score (nSPS) is 18.7. The van der Waals surface area contributed by atoms with Gasteiger partial charge in [0.05, 0.1) is 6.67 Å². The van der Waals surface area contributed by atoms with E-state index in [9.17, 15) is 9.59 Å². The fraction of sp³-hybridized carbons (Fsp3) is 0.545. The first-order chi connectivity index (χ1) is 14.7. The molecule has 2 fully saturated rings. The van der Waals surface area contributed by atoms with E-state index >= 15 is 0 Å². The Kier molecular flexibility index (Phi) is 5.36. The van der Waals surface area contributed by atoms with E-state index in [1.54, 1.807) is 16.7 Å². The number of aromatic nitrogens is 2. The lowest BCUT2D eigenvalue weighted by molar-refractivity contribution is -0.134. The summed E-state index contributed by atoms with van der Waals surface area (Å²) in [6.07, 6.45) is 0.718. The van der Waals surface area contributed by atoms with E-state index in [2.05, 4.69) is 15.1 Å². The summed E-state index contributed by atoms with van der Waals surface area (Å²) in [5.74, 6) is 0.917. The quantitative estimate of drug-likeness (QED) is 0.744. The molecule has 0 N–H and O–H groups in total. The smallest absolute Gasteiger partial charge is 0.410 e. The molecule has 166 valence electrons. The van der Waals surface area contributed by atoms with E-state index in [0.29, 0.717) is 44.4 Å². The summed E-state index contributed by atoms with van der Waals surface area (Å²) in [5.41, 5.74) is -0.287. The third kappa shape index (κ3) is 4.22. The number of rotatable bonds is 3. The maximum absolute atomic E-state index is 13.6. The fourth-order valence-corrected chi connectivity index (χ4v) is 4.27. The average molecular weight is 428 g/mol. The highest BCUT2D eigenvalue weighted by Gasteiger charge is 2.54. The van der Waals surface area contributed by atoms with Crippen LogP contribution >= 0.6 is 0 Å². The van der Waals surface area contributed by atoms with Crippen molar-refractivity contribution in [2.75, 3.05) is 24.7 Å². The number of ether oxygens (including phenoxy) is 1. The molecule has 0 radical (unpaired) electrons. The highest BCUT2D eigenvalue weighted by atomic mass is 16.6. The van der Waals surface area contributed by atoms with Gasteiger partial charge >= 0.3 is 6.09 Å². The van der Waals surface area contributed by atoms with Crippen molar-refractivity contribution in [2.45, 2.75) is 58.2 Å². The lowest BCUT2D eigenvalue weighted by atomic mass is 9.85. The number of hydrogen-bond acceptors (Lipinski definition) is 7. The summed E-state index contributed by atoms with van der Waals surface area (Å²) >= 11 is 0. The van der Waals surface area contributed by atoms with Crippen LogP contribution in [0.1, 0.15) is 45.4 Å². The number of para-hydroxylation sites is 1. The molecule has 0 atom stereocenters. The predicted molar refractivity (Wildman–Crippen MR) is 113 cm³/mol. The van der Waals surface area contributed by atoms with Crippen molar-refractivity contribution >= 4 is 17.7 Å². The highest BCUT2D eigenvalue weighted by molar-refractivity contribution is 5.93. The summed E-state index contributed by atoms with van der Waals surface area (Å²) in [6, 6.07) is 9.91. The van der Waals surface area contributed by atoms with Gasteiger partial charge in [0.2, 0.25) is 11.8 Å². The van der Waals surface area contributed by atoms with Gasteiger partial charge in [-0.2, -0.15) is 0 Å². The Morgan fingerprint density at radius 2 is 1.84 bits per heavy atom. The van der Waals surface area contributed by atoms with Gasteiger partial charge in [0.1, 0.15) is 17.7 Å². The Morgan fingerprint density at radius 3 is 2.42 bits per heavy atom. The minimum atomic E-state index is -0.713. The number of carbonyl (C=O) groups is 2. The number of piperidine rings is 1. The van der Waals surface area contributed by atoms with Crippen LogP contribution in [0.5, 0.6) is 0 Å². The highest BCUT2D eigenvalue weighted by Crippen LogP contribution is 2.40. The first kappa shape index (κ1) is 21.1. The van der Waals surface area contributed by atoms with Crippen molar-refractivity contribution in [3.05, 3.63) is 42.1 Å². The van der Waals surface area contributed by atoms with E-state index < -0.39 is 11.1 Å². The van der Waals surface area contributed by atoms with Crippen molar-refractivity contribution in [1.29, 1.82) is 0 Å². The van der Waals surface area contributed by atoms with Gasteiger partial charge in [0.15, 0.2) is 0 Å². The predicted octanol–water partition coefficient (Wildman–Crippen LogP) is 2.95. The van der Waals surface area contributed by atoms with Crippen molar-refractivity contribution in [2.24, 2.45) is 0 Å². The maximum atomic E-state index is 13.6. The molecule has 0 unspecified atom stereocenters. The Hall–Kier alpha value is -3.10. The Bertz CT molecular complexity index is 944. The number of amides is 2. The second kappa shape index (κ2) is 7.86. The number of carbonyl (C=O) groups excluding carboxylic acids is 2. The van der Waals surface area contributed by atoms with Crippen molar-refractivity contribution < 1.29 is 18.7 Å². The lowest BCUT2D eigenvalue weighted by Gasteiger charge is -2.43. The van der Waals surface area contributed by atoms with Crippen LogP contribution in [-0.2, 0) is 16.1 Å². The minimum absolute atomic E-state index is 0.0241. The number of anilines is 1. The van der Waals surface area contributed by atoms with E-state index in [0.717, 1.165) is 5.69 Å². The molecule has 1 aromatic heterocycles. The van der Waals surface area contributed by atoms with E-state index in [1.165, 1.54) is 0 Å². The van der Waals surface area contributed by atoms with Crippen LogP contribution in [0.25, 0.3) is 0 Å². The Labute approximate surface area is 182 Å². The molecule has 9 nitrogen and oxygen atoms in total. The zero-order valence-electron chi connectivity index (χ0n) is 18.5. The zero-order valence-corrected chi connectivity index (χ0v) is 18.5. The van der Waals surface area contributed by atoms with Crippen LogP contribution in [0, 0.1) is 6.92 Å². The first-order valence-electron chi connectivity index (χ1n) is 10.6. The van der Waals surface area contributed by atoms with Crippen LogP contribution in [0.15, 0.2) is 34.7 Å². The van der Waals surface area contributed by atoms with Crippen LogP contribution in [-0.4, -0.2) is 62.9 Å². The Morgan fingerprint density at radius 1 is 1.16 bits per heavy atom.